The second kappa shape index (κ2) is 27.5. The fraction of sp³-hybridized carbons (Fsp3) is 0.0566. The Morgan fingerprint density at radius 3 is 0.786 bits per heavy atom. The van der Waals surface area contributed by atoms with Crippen LogP contribution in [0.3, 0.4) is 0 Å². The van der Waals surface area contributed by atoms with Gasteiger partial charge in [-0.2, -0.15) is 0 Å². The predicted octanol–water partition coefficient (Wildman–Crippen LogP) is 28.1. The van der Waals surface area contributed by atoms with Crippen LogP contribution in [0.1, 0.15) is 0 Å². The Bertz CT molecular complexity index is 7940. The molecule has 0 amide bonds. The molecule has 0 aliphatic rings. The number of hydrogen-bond acceptors (Lipinski definition) is 0. The lowest BCUT2D eigenvalue weighted by molar-refractivity contribution is 1.01. The molecule has 0 radical (unpaired) electrons. The molecule has 25 rings (SSSR count). The number of hydrogen-bond donors (Lipinski definition) is 0. The minimum Gasteiger partial charge on any atom is -0.344 e. The molecule has 25 aromatic rings. The number of aryl methyl sites for hydroxylation is 6. The highest BCUT2D eigenvalue weighted by molar-refractivity contribution is 6.26. The van der Waals surface area contributed by atoms with Gasteiger partial charge < -0.3 is 27.4 Å². The van der Waals surface area contributed by atoms with Crippen LogP contribution in [-0.4, -0.2) is 27.4 Å². The molecule has 0 saturated carbocycles. The summed E-state index contributed by atoms with van der Waals surface area (Å²) in [7, 11) is 12.9. The lowest BCUT2D eigenvalue weighted by atomic mass is 10.0. The Balaban J connectivity index is 0.0000000880. The smallest absolute Gasteiger partial charge is 0.0568 e. The number of nitrogens with zero attached hydrogens (tertiary/aromatic N) is 6. The number of benzene rings is 19. The largest absolute Gasteiger partial charge is 0.344 e. The summed E-state index contributed by atoms with van der Waals surface area (Å²) in [5.41, 5.74) is 15.7. The van der Waals surface area contributed by atoms with Crippen molar-refractivity contribution in [3.63, 3.8) is 0 Å². The first-order valence-corrected chi connectivity index (χ1v) is 38.7. The van der Waals surface area contributed by atoms with Crippen molar-refractivity contribution in [2.24, 2.45) is 42.3 Å². The molecule has 0 N–H and O–H groups in total. The number of rotatable bonds is 0. The van der Waals surface area contributed by atoms with E-state index in [9.17, 15) is 0 Å². The average Bonchev–Trinajstić information content (AvgIpc) is 1.59. The Labute approximate surface area is 647 Å². The molecule has 0 fully saturated rings. The van der Waals surface area contributed by atoms with Gasteiger partial charge in [0.25, 0.3) is 0 Å². The lowest BCUT2D eigenvalue weighted by Gasteiger charge is -2.03. The van der Waals surface area contributed by atoms with Crippen LogP contribution in [0.2, 0.25) is 0 Å². The first kappa shape index (κ1) is 67.2. The molecule has 19 aromatic carbocycles. The Morgan fingerprint density at radius 2 is 0.348 bits per heavy atom. The standard InChI is InChI=1S/2C21H15N.3C17H13N.C13H11N/c1-22-19-13-11-14-6-2-4-8-16(14)20(19)18-12-10-15-7-3-5-9-17(15)21(18)22;1-22-20-13-16-8-3-2-7-15(16)12-19(20)18-11-10-14-6-4-5-9-17(14)21(18)22;1-18-16-9-5-4-8-14(16)15-10-12-6-2-3-7-13(12)11-17(15)18;1-18-16-9-5-4-8-14(16)15-11-10-12-6-2-3-7-13(12)17(15)18;1-18-15-9-5-4-8-14(15)17-13-7-3-2-6-12(13)10-11-16(17)18;1-14-12-8-4-2-6-10(12)11-7-3-5-9-13(11)14/h2*2-13H,1H3;3*2-11H,1H3;2-9H,1H3. The highest BCUT2D eigenvalue weighted by Gasteiger charge is 2.18. The van der Waals surface area contributed by atoms with Crippen molar-refractivity contribution in [2.45, 2.75) is 0 Å². The molecule has 6 heteroatoms. The molecule has 0 spiro atoms. The Morgan fingerprint density at radius 1 is 0.125 bits per heavy atom. The van der Waals surface area contributed by atoms with E-state index >= 15 is 0 Å². The first-order valence-electron chi connectivity index (χ1n) is 38.7. The molecule has 0 aliphatic heterocycles. The van der Waals surface area contributed by atoms with Crippen molar-refractivity contribution in [2.75, 3.05) is 0 Å². The highest BCUT2D eigenvalue weighted by Crippen LogP contribution is 2.41. The fourth-order valence-corrected chi connectivity index (χ4v) is 18.3. The zero-order valence-corrected chi connectivity index (χ0v) is 63.5. The predicted molar refractivity (Wildman–Crippen MR) is 485 cm³/mol. The van der Waals surface area contributed by atoms with Crippen LogP contribution in [0.25, 0.3) is 206 Å². The summed E-state index contributed by atoms with van der Waals surface area (Å²) < 4.78 is 13.8. The van der Waals surface area contributed by atoms with Gasteiger partial charge in [0.05, 0.1) is 16.6 Å². The molecule has 0 bridgehead atoms. The number of fused-ring (bicyclic) bond motifs is 30. The quantitative estimate of drug-likeness (QED) is 0.145. The summed E-state index contributed by atoms with van der Waals surface area (Å²) in [4.78, 5) is 0. The van der Waals surface area contributed by atoms with Crippen LogP contribution < -0.4 is 0 Å². The van der Waals surface area contributed by atoms with E-state index < -0.39 is 0 Å². The minimum absolute atomic E-state index is 1.29. The Kier molecular flexibility index (Phi) is 16.5. The second-order valence-electron chi connectivity index (χ2n) is 29.8. The molecular formula is C106H80N6. The van der Waals surface area contributed by atoms with Gasteiger partial charge in [-0.1, -0.05) is 309 Å². The third-order valence-corrected chi connectivity index (χ3v) is 23.7. The summed E-state index contributed by atoms with van der Waals surface area (Å²) >= 11 is 0. The molecule has 534 valence electrons. The third-order valence-electron chi connectivity index (χ3n) is 23.7. The maximum atomic E-state index is 2.33. The topological polar surface area (TPSA) is 29.6 Å². The van der Waals surface area contributed by atoms with Crippen molar-refractivity contribution < 1.29 is 0 Å². The van der Waals surface area contributed by atoms with Crippen LogP contribution in [0.5, 0.6) is 0 Å². The van der Waals surface area contributed by atoms with E-state index in [1.54, 1.807) is 0 Å². The molecule has 0 atom stereocenters. The van der Waals surface area contributed by atoms with Crippen molar-refractivity contribution in [1.29, 1.82) is 0 Å². The van der Waals surface area contributed by atoms with Crippen LogP contribution >= 0.6 is 0 Å². The van der Waals surface area contributed by atoms with E-state index in [1.807, 2.05) is 0 Å². The van der Waals surface area contributed by atoms with Crippen molar-refractivity contribution >= 4 is 206 Å². The molecule has 6 heterocycles. The third kappa shape index (κ3) is 11.1. The monoisotopic (exact) mass is 1440 g/mol. The van der Waals surface area contributed by atoms with E-state index in [1.165, 1.54) is 206 Å². The van der Waals surface area contributed by atoms with E-state index in [4.69, 9.17) is 0 Å². The van der Waals surface area contributed by atoms with Crippen LogP contribution in [0, 0.1) is 0 Å². The number of aromatic nitrogens is 6. The van der Waals surface area contributed by atoms with Crippen LogP contribution in [0.15, 0.2) is 376 Å². The van der Waals surface area contributed by atoms with Crippen LogP contribution in [-0.2, 0) is 42.3 Å². The first-order chi connectivity index (χ1) is 55.1. The van der Waals surface area contributed by atoms with Gasteiger partial charge >= 0.3 is 0 Å². The normalized spacial score (nSPS) is 11.7. The molecule has 112 heavy (non-hydrogen) atoms. The molecule has 0 saturated heterocycles. The van der Waals surface area contributed by atoms with E-state index in [-0.39, 0.29) is 0 Å². The van der Waals surface area contributed by atoms with Gasteiger partial charge in [-0.25, -0.2) is 0 Å². The average molecular weight is 1440 g/mol. The van der Waals surface area contributed by atoms with Gasteiger partial charge in [0, 0.05) is 173 Å². The summed E-state index contributed by atoms with van der Waals surface area (Å²) in [6.45, 7) is 0. The number of para-hydroxylation sites is 5. The van der Waals surface area contributed by atoms with Gasteiger partial charge in [-0.05, 0) is 126 Å². The van der Waals surface area contributed by atoms with E-state index in [2.05, 4.69) is 446 Å². The zero-order chi connectivity index (χ0) is 75.2. The van der Waals surface area contributed by atoms with Gasteiger partial charge in [0.15, 0.2) is 0 Å². The van der Waals surface area contributed by atoms with Gasteiger partial charge in [0.1, 0.15) is 0 Å². The van der Waals surface area contributed by atoms with Gasteiger partial charge in [-0.15, -0.1) is 0 Å². The Hall–Kier alpha value is -14.2. The SMILES string of the molecule is Cn1c2cc3ccccc3cc2c2ccc3ccccc3c21.Cn1c2ccc3ccccc3c2c2ccc3ccccc3c21.Cn1c2ccccc2c2c3ccccc3ccc21.Cn1c2ccccc2c2cc3ccccc3cc21.Cn1c2ccccc2c2ccc3ccccc3c21.Cn1c2ccccc2c2ccccc21. The maximum Gasteiger partial charge on any atom is 0.0568 e. The molecule has 6 aromatic heterocycles. The van der Waals surface area contributed by atoms with Gasteiger partial charge in [0.2, 0.25) is 0 Å². The zero-order valence-electron chi connectivity index (χ0n) is 63.5. The molecule has 6 nitrogen and oxygen atoms in total. The van der Waals surface area contributed by atoms with E-state index in [0.29, 0.717) is 0 Å². The minimum atomic E-state index is 1.29. The van der Waals surface area contributed by atoms with Crippen LogP contribution in [0.4, 0.5) is 0 Å². The summed E-state index contributed by atoms with van der Waals surface area (Å²) in [5, 5.41) is 34.5. The van der Waals surface area contributed by atoms with Crippen molar-refractivity contribution in [1.82, 2.24) is 27.4 Å². The fourth-order valence-electron chi connectivity index (χ4n) is 18.3. The van der Waals surface area contributed by atoms with Gasteiger partial charge in [-0.3, -0.25) is 0 Å². The highest BCUT2D eigenvalue weighted by atomic mass is 15.0. The van der Waals surface area contributed by atoms with Crippen molar-refractivity contribution in [3.05, 3.63) is 376 Å². The van der Waals surface area contributed by atoms with E-state index in [0.717, 1.165) is 0 Å². The second-order valence-corrected chi connectivity index (χ2v) is 29.8. The summed E-state index contributed by atoms with van der Waals surface area (Å²) in [5.74, 6) is 0. The lowest BCUT2D eigenvalue weighted by Crippen LogP contribution is -1.87. The molecule has 0 unspecified atom stereocenters. The molecule has 0 aliphatic carbocycles. The maximum absolute atomic E-state index is 2.33. The van der Waals surface area contributed by atoms with Crippen molar-refractivity contribution in [3.8, 4) is 0 Å². The summed E-state index contributed by atoms with van der Waals surface area (Å²) in [6, 6.07) is 135. The summed E-state index contributed by atoms with van der Waals surface area (Å²) in [6.07, 6.45) is 0. The molecular weight excluding hydrogens is 1360 g/mol.